The van der Waals surface area contributed by atoms with E-state index < -0.39 is 0 Å². The van der Waals surface area contributed by atoms with Gasteiger partial charge >= 0.3 is 0 Å². The SMILES string of the molecule is O=C(Nc1nnc(CCCc2nnc(NC(=O)C3COc4ccccc43)s2)s1)C1COc2ccccc21. The molecule has 37 heavy (non-hydrogen) atoms. The topological polar surface area (TPSA) is 128 Å². The van der Waals surface area contributed by atoms with E-state index in [1.165, 1.54) is 22.7 Å². The Hall–Kier alpha value is -3.90. The van der Waals surface area contributed by atoms with Crippen molar-refractivity contribution in [1.82, 2.24) is 20.4 Å². The second-order valence-corrected chi connectivity index (χ2v) is 10.8. The molecule has 2 N–H and O–H groups in total. The molecule has 0 bridgehead atoms. The van der Waals surface area contributed by atoms with Gasteiger partial charge in [0.15, 0.2) is 0 Å². The fourth-order valence-electron chi connectivity index (χ4n) is 4.35. The van der Waals surface area contributed by atoms with Gasteiger partial charge in [-0.15, -0.1) is 20.4 Å². The number of ether oxygens (including phenoxy) is 2. The zero-order chi connectivity index (χ0) is 25.2. The Labute approximate surface area is 220 Å². The van der Waals surface area contributed by atoms with Gasteiger partial charge in [-0.1, -0.05) is 59.1 Å². The average molecular weight is 535 g/mol. The normalized spacial score (nSPS) is 17.4. The summed E-state index contributed by atoms with van der Waals surface area (Å²) in [7, 11) is 0. The minimum Gasteiger partial charge on any atom is -0.492 e. The predicted molar refractivity (Wildman–Crippen MR) is 138 cm³/mol. The summed E-state index contributed by atoms with van der Waals surface area (Å²) in [6.45, 7) is 0.645. The minimum atomic E-state index is -0.355. The van der Waals surface area contributed by atoms with Crippen molar-refractivity contribution in [1.29, 1.82) is 0 Å². The molecule has 0 saturated carbocycles. The highest BCUT2D eigenvalue weighted by atomic mass is 32.1. The van der Waals surface area contributed by atoms with Gasteiger partial charge in [0.2, 0.25) is 22.1 Å². The number of anilines is 2. The van der Waals surface area contributed by atoms with E-state index >= 15 is 0 Å². The lowest BCUT2D eigenvalue weighted by Crippen LogP contribution is -2.22. The van der Waals surface area contributed by atoms with E-state index in [4.69, 9.17) is 9.47 Å². The molecule has 2 amide bonds. The molecule has 2 aliphatic heterocycles. The van der Waals surface area contributed by atoms with Crippen molar-refractivity contribution in [2.24, 2.45) is 0 Å². The molecule has 4 aromatic rings. The quantitative estimate of drug-likeness (QED) is 0.349. The zero-order valence-corrected chi connectivity index (χ0v) is 21.2. The van der Waals surface area contributed by atoms with E-state index in [1.807, 2.05) is 48.5 Å². The summed E-state index contributed by atoms with van der Waals surface area (Å²) in [6.07, 6.45) is 2.18. The third-order valence-corrected chi connectivity index (χ3v) is 8.01. The maximum atomic E-state index is 12.7. The Bertz CT molecular complexity index is 1350. The molecule has 2 aromatic heterocycles. The highest BCUT2D eigenvalue weighted by molar-refractivity contribution is 7.15. The molecule has 6 rings (SSSR count). The Balaban J connectivity index is 0.975. The Kier molecular flexibility index (Phi) is 6.49. The first-order valence-electron chi connectivity index (χ1n) is 11.8. The van der Waals surface area contributed by atoms with Crippen molar-refractivity contribution in [2.45, 2.75) is 31.1 Å². The van der Waals surface area contributed by atoms with Crippen LogP contribution in [0.5, 0.6) is 11.5 Å². The summed E-state index contributed by atoms with van der Waals surface area (Å²) in [5, 5.41) is 25.0. The van der Waals surface area contributed by atoms with Crippen molar-refractivity contribution in [3.05, 3.63) is 69.7 Å². The summed E-state index contributed by atoms with van der Waals surface area (Å²) < 4.78 is 11.2. The van der Waals surface area contributed by atoms with Gasteiger partial charge in [0.1, 0.15) is 46.6 Å². The summed E-state index contributed by atoms with van der Waals surface area (Å²) >= 11 is 2.72. The molecule has 4 heterocycles. The maximum Gasteiger partial charge on any atom is 0.237 e. The van der Waals surface area contributed by atoms with Crippen LogP contribution in [-0.2, 0) is 22.4 Å². The molecule has 12 heteroatoms. The average Bonchev–Trinajstić information content (AvgIpc) is 3.70. The van der Waals surface area contributed by atoms with Gasteiger partial charge in [-0.05, 0) is 18.6 Å². The maximum absolute atomic E-state index is 12.7. The number of carbonyl (C=O) groups excluding carboxylic acids is 2. The molecule has 2 aliphatic rings. The number of para-hydroxylation sites is 2. The van der Waals surface area contributed by atoms with Gasteiger partial charge in [0.05, 0.1) is 0 Å². The van der Waals surface area contributed by atoms with Crippen LogP contribution >= 0.6 is 22.7 Å². The monoisotopic (exact) mass is 534 g/mol. The number of aryl methyl sites for hydroxylation is 2. The summed E-state index contributed by atoms with van der Waals surface area (Å²) in [5.74, 6) is 0.487. The third-order valence-electron chi connectivity index (χ3n) is 6.21. The van der Waals surface area contributed by atoms with E-state index in [0.29, 0.717) is 36.3 Å². The Morgan fingerprint density at radius 3 is 1.68 bits per heavy atom. The van der Waals surface area contributed by atoms with Crippen LogP contribution in [0.4, 0.5) is 10.3 Å². The molecule has 188 valence electrons. The molecular formula is C25H22N6O4S2. The lowest BCUT2D eigenvalue weighted by molar-refractivity contribution is -0.118. The number of hydrogen-bond donors (Lipinski definition) is 2. The van der Waals surface area contributed by atoms with E-state index in [1.54, 1.807) is 0 Å². The highest BCUT2D eigenvalue weighted by Gasteiger charge is 2.31. The molecule has 2 aromatic carbocycles. The van der Waals surface area contributed by atoms with Crippen LogP contribution < -0.4 is 20.1 Å². The van der Waals surface area contributed by atoms with E-state index in [9.17, 15) is 9.59 Å². The predicted octanol–water partition coefficient (Wildman–Crippen LogP) is 3.79. The van der Waals surface area contributed by atoms with Crippen molar-refractivity contribution in [3.8, 4) is 11.5 Å². The first kappa shape index (κ1) is 23.5. The fourth-order valence-corrected chi connectivity index (χ4v) is 5.91. The first-order chi connectivity index (χ1) is 18.1. The lowest BCUT2D eigenvalue weighted by atomic mass is 10.0. The van der Waals surface area contributed by atoms with Crippen LogP contribution in [-0.4, -0.2) is 45.4 Å². The summed E-state index contributed by atoms with van der Waals surface area (Å²) in [4.78, 5) is 25.4. The van der Waals surface area contributed by atoms with Gasteiger partial charge in [-0.3, -0.25) is 20.2 Å². The molecule has 10 nitrogen and oxygen atoms in total. The van der Waals surface area contributed by atoms with E-state index in [2.05, 4.69) is 31.0 Å². The number of amides is 2. The van der Waals surface area contributed by atoms with Crippen molar-refractivity contribution in [2.75, 3.05) is 23.8 Å². The van der Waals surface area contributed by atoms with Gasteiger partial charge in [-0.25, -0.2) is 0 Å². The molecule has 2 atom stereocenters. The molecule has 0 radical (unpaired) electrons. The van der Waals surface area contributed by atoms with Crippen molar-refractivity contribution in [3.63, 3.8) is 0 Å². The van der Waals surface area contributed by atoms with Crippen LogP contribution in [0.15, 0.2) is 48.5 Å². The first-order valence-corrected chi connectivity index (χ1v) is 13.5. The smallest absolute Gasteiger partial charge is 0.237 e. The van der Waals surface area contributed by atoms with Gasteiger partial charge in [-0.2, -0.15) is 0 Å². The van der Waals surface area contributed by atoms with E-state index in [-0.39, 0.29) is 23.7 Å². The standard InChI is InChI=1S/C25H22N6O4S2/c32-22(16-12-34-18-8-3-1-6-14(16)18)26-24-30-28-20(36-24)10-5-11-21-29-31-25(37-21)27-23(33)17-13-35-19-9-4-2-7-15(17)19/h1-4,6-9,16-17H,5,10-13H2,(H,26,30,32)(H,27,31,33). The van der Waals surface area contributed by atoms with Gasteiger partial charge in [0, 0.05) is 24.0 Å². The highest BCUT2D eigenvalue weighted by Crippen LogP contribution is 2.35. The molecule has 0 aliphatic carbocycles. The number of carbonyl (C=O) groups is 2. The lowest BCUT2D eigenvalue weighted by Gasteiger charge is -2.07. The number of nitrogens with one attached hydrogen (secondary N) is 2. The molecule has 0 fully saturated rings. The van der Waals surface area contributed by atoms with Crippen molar-refractivity contribution < 1.29 is 19.1 Å². The number of aromatic nitrogens is 4. The number of fused-ring (bicyclic) bond motifs is 2. The minimum absolute atomic E-state index is 0.149. The Morgan fingerprint density at radius 1 is 0.730 bits per heavy atom. The van der Waals surface area contributed by atoms with Gasteiger partial charge in [0.25, 0.3) is 0 Å². The molecule has 0 saturated heterocycles. The number of hydrogen-bond acceptors (Lipinski definition) is 10. The molecule has 2 unspecified atom stereocenters. The number of benzene rings is 2. The van der Waals surface area contributed by atoms with Gasteiger partial charge < -0.3 is 9.47 Å². The second-order valence-electron chi connectivity index (χ2n) is 8.64. The number of rotatable bonds is 8. The molecule has 0 spiro atoms. The summed E-state index contributed by atoms with van der Waals surface area (Å²) in [5.41, 5.74) is 1.78. The van der Waals surface area contributed by atoms with Crippen LogP contribution in [0.3, 0.4) is 0 Å². The Morgan fingerprint density at radius 2 is 1.19 bits per heavy atom. The van der Waals surface area contributed by atoms with Crippen LogP contribution in [0.2, 0.25) is 0 Å². The number of nitrogens with zero attached hydrogens (tertiary/aromatic N) is 4. The van der Waals surface area contributed by atoms with Crippen LogP contribution in [0, 0.1) is 0 Å². The molecular weight excluding hydrogens is 512 g/mol. The van der Waals surface area contributed by atoms with Crippen molar-refractivity contribution >= 4 is 44.8 Å². The zero-order valence-electron chi connectivity index (χ0n) is 19.5. The van der Waals surface area contributed by atoms with Crippen LogP contribution in [0.25, 0.3) is 0 Å². The largest absolute Gasteiger partial charge is 0.492 e. The second kappa shape index (κ2) is 10.2. The van der Waals surface area contributed by atoms with E-state index in [0.717, 1.165) is 39.1 Å². The van der Waals surface area contributed by atoms with Crippen LogP contribution in [0.1, 0.15) is 39.4 Å². The fraction of sp³-hybridized carbons (Fsp3) is 0.280. The summed E-state index contributed by atoms with van der Waals surface area (Å²) in [6, 6.07) is 15.1. The third kappa shape index (κ3) is 5.02.